The normalized spacial score (nSPS) is 12.2. The molecule has 0 aromatic heterocycles. The first-order chi connectivity index (χ1) is 13.5. The molecule has 2 amide bonds. The minimum Gasteiger partial charge on any atom is -0.484 e. The van der Waals surface area contributed by atoms with Crippen molar-refractivity contribution in [2.45, 2.75) is 59.7 Å². The Morgan fingerprint density at radius 2 is 1.62 bits per heavy atom. The van der Waals surface area contributed by atoms with Gasteiger partial charge in [-0.3, -0.25) is 9.59 Å². The number of carbonyl (C=O) groups is 2. The Morgan fingerprint density at radius 1 is 1.03 bits per heavy atom. The summed E-state index contributed by atoms with van der Waals surface area (Å²) >= 11 is 0. The van der Waals surface area contributed by atoms with Crippen LogP contribution >= 0.6 is 0 Å². The third-order valence-electron chi connectivity index (χ3n) is 4.42. The van der Waals surface area contributed by atoms with Gasteiger partial charge in [0, 0.05) is 12.1 Å². The second-order valence-corrected chi connectivity index (χ2v) is 8.53. The lowest BCUT2D eigenvalue weighted by Gasteiger charge is -2.31. The zero-order chi connectivity index (χ0) is 21.6. The van der Waals surface area contributed by atoms with Crippen molar-refractivity contribution in [1.82, 2.24) is 10.2 Å². The number of carbonyl (C=O) groups excluding carboxylic acids is 2. The van der Waals surface area contributed by atoms with E-state index in [4.69, 9.17) is 4.74 Å². The van der Waals surface area contributed by atoms with E-state index in [1.54, 1.807) is 11.8 Å². The maximum Gasteiger partial charge on any atom is 0.261 e. The molecule has 5 nitrogen and oxygen atoms in total. The molecule has 1 N–H and O–H groups in total. The average molecular weight is 397 g/mol. The molecule has 0 aliphatic carbocycles. The van der Waals surface area contributed by atoms with Gasteiger partial charge in [-0.15, -0.1) is 0 Å². The fraction of sp³-hybridized carbons (Fsp3) is 0.417. The number of hydrogen-bond acceptors (Lipinski definition) is 3. The van der Waals surface area contributed by atoms with Crippen molar-refractivity contribution in [2.75, 3.05) is 6.61 Å². The summed E-state index contributed by atoms with van der Waals surface area (Å²) < 4.78 is 5.76. The monoisotopic (exact) mass is 396 g/mol. The van der Waals surface area contributed by atoms with Crippen molar-refractivity contribution in [3.63, 3.8) is 0 Å². The van der Waals surface area contributed by atoms with Gasteiger partial charge in [-0.1, -0.05) is 36.4 Å². The standard InChI is InChI=1S/C24H32N2O3/c1-17-12-18(2)14-21(13-17)29-16-22(27)26(15-20-10-8-7-9-11-20)19(3)23(28)25-24(4,5)6/h7-14,19H,15-16H2,1-6H3,(H,25,28)/t19-/m1/s1. The molecule has 0 bridgehead atoms. The van der Waals surface area contributed by atoms with E-state index in [-0.39, 0.29) is 24.0 Å². The van der Waals surface area contributed by atoms with Crippen molar-refractivity contribution in [3.8, 4) is 5.75 Å². The molecule has 0 unspecified atom stereocenters. The molecule has 1 atom stereocenters. The second-order valence-electron chi connectivity index (χ2n) is 8.53. The smallest absolute Gasteiger partial charge is 0.261 e. The molecular weight excluding hydrogens is 364 g/mol. The highest BCUT2D eigenvalue weighted by atomic mass is 16.5. The molecule has 2 aromatic rings. The Labute approximate surface area is 174 Å². The highest BCUT2D eigenvalue weighted by Gasteiger charge is 2.28. The molecule has 2 rings (SSSR count). The van der Waals surface area contributed by atoms with Crippen LogP contribution in [0.2, 0.25) is 0 Å². The van der Waals surface area contributed by atoms with Gasteiger partial charge in [-0.05, 0) is 70.4 Å². The Kier molecular flexibility index (Phi) is 7.43. The van der Waals surface area contributed by atoms with Crippen LogP contribution < -0.4 is 10.1 Å². The molecule has 0 fully saturated rings. The second kappa shape index (κ2) is 9.59. The summed E-state index contributed by atoms with van der Waals surface area (Å²) in [5.41, 5.74) is 2.74. The van der Waals surface area contributed by atoms with Gasteiger partial charge < -0.3 is 15.0 Å². The maximum atomic E-state index is 13.0. The third kappa shape index (κ3) is 7.26. The van der Waals surface area contributed by atoms with E-state index in [2.05, 4.69) is 11.4 Å². The lowest BCUT2D eigenvalue weighted by molar-refractivity contribution is -0.142. The number of amides is 2. The van der Waals surface area contributed by atoms with Crippen LogP contribution in [0.4, 0.5) is 0 Å². The number of aryl methyl sites for hydroxylation is 2. The summed E-state index contributed by atoms with van der Waals surface area (Å²) in [5, 5.41) is 2.96. The molecule has 156 valence electrons. The summed E-state index contributed by atoms with van der Waals surface area (Å²) in [5.74, 6) is 0.236. The molecule has 0 radical (unpaired) electrons. The minimum atomic E-state index is -0.621. The van der Waals surface area contributed by atoms with Gasteiger partial charge in [0.05, 0.1) is 0 Å². The van der Waals surface area contributed by atoms with Crippen LogP contribution in [0.3, 0.4) is 0 Å². The number of hydrogen-bond donors (Lipinski definition) is 1. The van der Waals surface area contributed by atoms with E-state index in [1.165, 1.54) is 0 Å². The predicted molar refractivity (Wildman–Crippen MR) is 116 cm³/mol. The van der Waals surface area contributed by atoms with Crippen LogP contribution in [0.5, 0.6) is 5.75 Å². The molecule has 2 aromatic carbocycles. The van der Waals surface area contributed by atoms with Gasteiger partial charge in [0.1, 0.15) is 11.8 Å². The number of nitrogens with one attached hydrogen (secondary N) is 1. The topological polar surface area (TPSA) is 58.6 Å². The summed E-state index contributed by atoms with van der Waals surface area (Å²) in [4.78, 5) is 27.3. The highest BCUT2D eigenvalue weighted by Crippen LogP contribution is 2.17. The van der Waals surface area contributed by atoms with Crippen molar-refractivity contribution >= 4 is 11.8 Å². The molecule has 0 saturated heterocycles. The van der Waals surface area contributed by atoms with Crippen LogP contribution in [0.15, 0.2) is 48.5 Å². The summed E-state index contributed by atoms with van der Waals surface area (Å²) in [6.45, 7) is 11.7. The highest BCUT2D eigenvalue weighted by molar-refractivity contribution is 5.88. The van der Waals surface area contributed by atoms with Gasteiger partial charge >= 0.3 is 0 Å². The minimum absolute atomic E-state index is 0.122. The van der Waals surface area contributed by atoms with Gasteiger partial charge in [-0.25, -0.2) is 0 Å². The van der Waals surface area contributed by atoms with Crippen LogP contribution in [-0.4, -0.2) is 34.9 Å². The van der Waals surface area contributed by atoms with E-state index in [0.717, 1.165) is 16.7 Å². The van der Waals surface area contributed by atoms with E-state index in [0.29, 0.717) is 12.3 Å². The first-order valence-corrected chi connectivity index (χ1v) is 9.91. The summed E-state index contributed by atoms with van der Waals surface area (Å²) in [6, 6.07) is 14.9. The Hall–Kier alpha value is -2.82. The van der Waals surface area contributed by atoms with Crippen LogP contribution in [0.25, 0.3) is 0 Å². The van der Waals surface area contributed by atoms with E-state index < -0.39 is 6.04 Å². The lowest BCUT2D eigenvalue weighted by Crippen LogP contribution is -2.53. The van der Waals surface area contributed by atoms with E-state index in [9.17, 15) is 9.59 Å². The van der Waals surface area contributed by atoms with Crippen molar-refractivity contribution < 1.29 is 14.3 Å². The average Bonchev–Trinajstić information content (AvgIpc) is 2.62. The summed E-state index contributed by atoms with van der Waals surface area (Å²) in [7, 11) is 0. The molecule has 0 aliphatic heterocycles. The van der Waals surface area contributed by atoms with Gasteiger partial charge in [0.25, 0.3) is 5.91 Å². The molecule has 0 spiro atoms. The van der Waals surface area contributed by atoms with E-state index >= 15 is 0 Å². The zero-order valence-electron chi connectivity index (χ0n) is 18.3. The number of benzene rings is 2. The molecule has 29 heavy (non-hydrogen) atoms. The van der Waals surface area contributed by atoms with Crippen molar-refractivity contribution in [2.24, 2.45) is 0 Å². The third-order valence-corrected chi connectivity index (χ3v) is 4.42. The fourth-order valence-electron chi connectivity index (χ4n) is 3.08. The van der Waals surface area contributed by atoms with Gasteiger partial charge in [0.15, 0.2) is 6.61 Å². The number of ether oxygens (including phenoxy) is 1. The number of nitrogens with zero attached hydrogens (tertiary/aromatic N) is 1. The summed E-state index contributed by atoms with van der Waals surface area (Å²) in [6.07, 6.45) is 0. The van der Waals surface area contributed by atoms with Crippen molar-refractivity contribution in [3.05, 3.63) is 65.2 Å². The molecule has 0 heterocycles. The fourth-order valence-corrected chi connectivity index (χ4v) is 3.08. The largest absolute Gasteiger partial charge is 0.484 e. The van der Waals surface area contributed by atoms with E-state index in [1.807, 2.05) is 77.1 Å². The Bertz CT molecular complexity index is 821. The first-order valence-electron chi connectivity index (χ1n) is 9.91. The van der Waals surface area contributed by atoms with Crippen LogP contribution in [0, 0.1) is 13.8 Å². The van der Waals surface area contributed by atoms with Gasteiger partial charge in [-0.2, -0.15) is 0 Å². The lowest BCUT2D eigenvalue weighted by atomic mass is 10.1. The molecular formula is C24H32N2O3. The predicted octanol–water partition coefficient (Wildman–Crippen LogP) is 4.01. The van der Waals surface area contributed by atoms with Gasteiger partial charge in [0.2, 0.25) is 5.91 Å². The zero-order valence-corrected chi connectivity index (χ0v) is 18.3. The molecule has 0 saturated carbocycles. The quantitative estimate of drug-likeness (QED) is 0.769. The molecule has 0 aliphatic rings. The first kappa shape index (κ1) is 22.5. The Morgan fingerprint density at radius 3 is 2.17 bits per heavy atom. The van der Waals surface area contributed by atoms with Crippen molar-refractivity contribution in [1.29, 1.82) is 0 Å². The van der Waals surface area contributed by atoms with Crippen LogP contribution in [0.1, 0.15) is 44.4 Å². The number of rotatable bonds is 7. The maximum absolute atomic E-state index is 13.0. The Balaban J connectivity index is 2.16. The molecule has 5 heteroatoms. The van der Waals surface area contributed by atoms with Crippen LogP contribution in [-0.2, 0) is 16.1 Å². The SMILES string of the molecule is Cc1cc(C)cc(OCC(=O)N(Cc2ccccc2)[C@H](C)C(=O)NC(C)(C)C)c1.